The maximum Gasteiger partial charge on any atom is 0.254 e. The number of carbonyl (C=O) groups excluding carboxylic acids is 1. The summed E-state index contributed by atoms with van der Waals surface area (Å²) in [4.78, 5) is 14.9. The van der Waals surface area contributed by atoms with Gasteiger partial charge in [0, 0.05) is 18.7 Å². The molecule has 166 valence electrons. The van der Waals surface area contributed by atoms with E-state index in [0.717, 1.165) is 23.1 Å². The van der Waals surface area contributed by atoms with Crippen molar-refractivity contribution in [2.24, 2.45) is 0 Å². The molecule has 1 amide bonds. The van der Waals surface area contributed by atoms with E-state index in [1.54, 1.807) is 12.1 Å². The van der Waals surface area contributed by atoms with Gasteiger partial charge in [-0.3, -0.25) is 9.10 Å². The molecular weight excluding hydrogens is 420 g/mol. The van der Waals surface area contributed by atoms with Crippen LogP contribution in [0.3, 0.4) is 0 Å². The van der Waals surface area contributed by atoms with Gasteiger partial charge in [-0.1, -0.05) is 42.5 Å². The molecule has 32 heavy (non-hydrogen) atoms. The van der Waals surface area contributed by atoms with Crippen LogP contribution in [0.2, 0.25) is 0 Å². The molecule has 0 radical (unpaired) electrons. The zero-order valence-corrected chi connectivity index (χ0v) is 19.5. The van der Waals surface area contributed by atoms with Crippen molar-refractivity contribution in [3.63, 3.8) is 0 Å². The number of hydrogen-bond donors (Lipinski definition) is 0. The summed E-state index contributed by atoms with van der Waals surface area (Å²) in [5, 5.41) is 0. The highest BCUT2D eigenvalue weighted by molar-refractivity contribution is 7.92. The van der Waals surface area contributed by atoms with E-state index in [9.17, 15) is 13.2 Å². The molecule has 5 nitrogen and oxygen atoms in total. The van der Waals surface area contributed by atoms with Crippen molar-refractivity contribution in [3.05, 3.63) is 100 Å². The van der Waals surface area contributed by atoms with Gasteiger partial charge in [0.1, 0.15) is 0 Å². The van der Waals surface area contributed by atoms with Gasteiger partial charge in [0.25, 0.3) is 5.91 Å². The van der Waals surface area contributed by atoms with Crippen LogP contribution in [0.1, 0.15) is 38.2 Å². The lowest BCUT2D eigenvalue weighted by Gasteiger charge is -2.29. The number of sulfonamides is 1. The lowest BCUT2D eigenvalue weighted by atomic mass is 9.99. The number of hydrogen-bond acceptors (Lipinski definition) is 3. The topological polar surface area (TPSA) is 57.7 Å². The van der Waals surface area contributed by atoms with Crippen molar-refractivity contribution in [1.29, 1.82) is 0 Å². The molecule has 1 heterocycles. The zero-order chi connectivity index (χ0) is 22.9. The molecule has 4 rings (SSSR count). The van der Waals surface area contributed by atoms with E-state index in [-0.39, 0.29) is 12.5 Å². The molecule has 0 unspecified atom stereocenters. The molecule has 0 atom stereocenters. The predicted octanol–water partition coefficient (Wildman–Crippen LogP) is 4.47. The number of benzene rings is 3. The Morgan fingerprint density at radius 3 is 2.28 bits per heavy atom. The second-order valence-electron chi connectivity index (χ2n) is 8.48. The molecule has 0 spiro atoms. The average molecular weight is 449 g/mol. The van der Waals surface area contributed by atoms with Gasteiger partial charge in [-0.15, -0.1) is 0 Å². The van der Waals surface area contributed by atoms with Crippen LogP contribution in [0.15, 0.2) is 66.7 Å². The van der Waals surface area contributed by atoms with Crippen LogP contribution in [0.5, 0.6) is 0 Å². The second-order valence-corrected chi connectivity index (χ2v) is 10.4. The fraction of sp³-hybridized carbons (Fsp3) is 0.269. The maximum atomic E-state index is 13.0. The van der Waals surface area contributed by atoms with Crippen molar-refractivity contribution >= 4 is 21.6 Å². The van der Waals surface area contributed by atoms with Gasteiger partial charge in [-0.25, -0.2) is 8.42 Å². The molecular formula is C26H28N2O3S. The summed E-state index contributed by atoms with van der Waals surface area (Å²) in [6.45, 7) is 5.50. The van der Waals surface area contributed by atoms with Gasteiger partial charge in [0.2, 0.25) is 10.0 Å². The molecule has 0 bridgehead atoms. The van der Waals surface area contributed by atoms with Crippen molar-refractivity contribution < 1.29 is 13.2 Å². The molecule has 6 heteroatoms. The highest BCUT2D eigenvalue weighted by Crippen LogP contribution is 2.24. The fourth-order valence-electron chi connectivity index (χ4n) is 4.05. The summed E-state index contributed by atoms with van der Waals surface area (Å²) < 4.78 is 26.4. The highest BCUT2D eigenvalue weighted by atomic mass is 32.2. The first kappa shape index (κ1) is 22.1. The van der Waals surface area contributed by atoms with E-state index < -0.39 is 10.0 Å². The molecule has 3 aromatic rings. The minimum absolute atomic E-state index is 0.000168. The molecule has 1 aliphatic heterocycles. The summed E-state index contributed by atoms with van der Waals surface area (Å²) in [7, 11) is -3.46. The van der Waals surface area contributed by atoms with E-state index in [1.165, 1.54) is 21.7 Å². The largest absolute Gasteiger partial charge is 0.334 e. The van der Waals surface area contributed by atoms with Crippen LogP contribution in [0.4, 0.5) is 5.69 Å². The van der Waals surface area contributed by atoms with Gasteiger partial charge in [-0.05, 0) is 72.4 Å². The molecule has 1 aliphatic rings. The maximum absolute atomic E-state index is 13.0. The number of nitrogens with zero attached hydrogens (tertiary/aromatic N) is 2. The molecule has 0 N–H and O–H groups in total. The number of aryl methyl sites for hydroxylation is 2. The normalized spacial score (nSPS) is 13.5. The smallest absolute Gasteiger partial charge is 0.254 e. The monoisotopic (exact) mass is 448 g/mol. The third-order valence-corrected chi connectivity index (χ3v) is 7.26. The molecule has 0 aliphatic carbocycles. The molecule has 0 fully saturated rings. The standard InChI is InChI=1S/C26H28N2O3S/c1-19-8-13-25(16-20(19)2)28(32(3,30)31)17-21-9-11-23(12-10-21)26(29)27-15-14-22-6-4-5-7-24(22)18-27/h4-13,16H,14-15,17-18H2,1-3H3. The SMILES string of the molecule is Cc1ccc(N(Cc2ccc(C(=O)N3CCc4ccccc4C3)cc2)S(C)(=O)=O)cc1C. The Bertz CT molecular complexity index is 1250. The first-order valence-corrected chi connectivity index (χ1v) is 12.6. The number of amides is 1. The van der Waals surface area contributed by atoms with Gasteiger partial charge in [0.05, 0.1) is 18.5 Å². The minimum Gasteiger partial charge on any atom is -0.334 e. The lowest BCUT2D eigenvalue weighted by Crippen LogP contribution is -2.35. The lowest BCUT2D eigenvalue weighted by molar-refractivity contribution is 0.0734. The Labute approximate surface area is 190 Å². The third kappa shape index (κ3) is 4.70. The summed E-state index contributed by atoms with van der Waals surface area (Å²) in [6, 6.07) is 21.1. The van der Waals surface area contributed by atoms with Crippen LogP contribution >= 0.6 is 0 Å². The molecule has 0 saturated heterocycles. The Kier molecular flexibility index (Phi) is 6.07. The van der Waals surface area contributed by atoms with Crippen molar-refractivity contribution in [1.82, 2.24) is 4.90 Å². The van der Waals surface area contributed by atoms with Crippen LogP contribution in [-0.2, 0) is 29.5 Å². The van der Waals surface area contributed by atoms with Gasteiger partial charge < -0.3 is 4.90 Å². The van der Waals surface area contributed by atoms with Crippen molar-refractivity contribution in [3.8, 4) is 0 Å². The Hall–Kier alpha value is -3.12. The highest BCUT2D eigenvalue weighted by Gasteiger charge is 2.22. The number of carbonyl (C=O) groups is 1. The first-order chi connectivity index (χ1) is 15.2. The summed E-state index contributed by atoms with van der Waals surface area (Å²) in [5.74, 6) is 0.000168. The second kappa shape index (κ2) is 8.79. The van der Waals surface area contributed by atoms with Crippen LogP contribution in [0.25, 0.3) is 0 Å². The summed E-state index contributed by atoms with van der Waals surface area (Å²) in [5.41, 5.74) is 6.74. The van der Waals surface area contributed by atoms with E-state index in [4.69, 9.17) is 0 Å². The number of anilines is 1. The van der Waals surface area contributed by atoms with Crippen molar-refractivity contribution in [2.75, 3.05) is 17.1 Å². The predicted molar refractivity (Wildman–Crippen MR) is 128 cm³/mol. The van der Waals surface area contributed by atoms with Crippen LogP contribution in [-0.4, -0.2) is 32.0 Å². The Balaban J connectivity index is 1.51. The first-order valence-electron chi connectivity index (χ1n) is 10.7. The van der Waals surface area contributed by atoms with Crippen molar-refractivity contribution in [2.45, 2.75) is 33.4 Å². The summed E-state index contributed by atoms with van der Waals surface area (Å²) >= 11 is 0. The minimum atomic E-state index is -3.46. The average Bonchev–Trinajstić information content (AvgIpc) is 2.78. The number of fused-ring (bicyclic) bond motifs is 1. The quantitative estimate of drug-likeness (QED) is 0.579. The van der Waals surface area contributed by atoms with Gasteiger partial charge in [0.15, 0.2) is 0 Å². The van der Waals surface area contributed by atoms with E-state index in [2.05, 4.69) is 12.1 Å². The zero-order valence-electron chi connectivity index (χ0n) is 18.7. The van der Waals surface area contributed by atoms with Crippen LogP contribution < -0.4 is 4.31 Å². The summed E-state index contributed by atoms with van der Waals surface area (Å²) in [6.07, 6.45) is 2.08. The Morgan fingerprint density at radius 1 is 0.938 bits per heavy atom. The molecule has 0 aromatic heterocycles. The van der Waals surface area contributed by atoms with Gasteiger partial charge in [-0.2, -0.15) is 0 Å². The third-order valence-electron chi connectivity index (χ3n) is 6.12. The molecule has 0 saturated carbocycles. The van der Waals surface area contributed by atoms with E-state index >= 15 is 0 Å². The fourth-order valence-corrected chi connectivity index (χ4v) is 4.93. The Morgan fingerprint density at radius 2 is 1.62 bits per heavy atom. The van der Waals surface area contributed by atoms with Gasteiger partial charge >= 0.3 is 0 Å². The van der Waals surface area contributed by atoms with E-state index in [1.807, 2.05) is 61.2 Å². The van der Waals surface area contributed by atoms with Crippen LogP contribution in [0, 0.1) is 13.8 Å². The van der Waals surface area contributed by atoms with E-state index in [0.29, 0.717) is 24.3 Å². The number of rotatable bonds is 5. The molecule has 3 aromatic carbocycles.